The number of nitrogens with zero attached hydrogens (tertiary/aromatic N) is 2. The molecule has 102 valence electrons. The lowest BCUT2D eigenvalue weighted by Crippen LogP contribution is -1.90. The van der Waals surface area contributed by atoms with Crippen LogP contribution < -0.4 is 0 Å². The van der Waals surface area contributed by atoms with Gasteiger partial charge in [0.15, 0.2) is 0 Å². The summed E-state index contributed by atoms with van der Waals surface area (Å²) in [7, 11) is 0. The lowest BCUT2D eigenvalue weighted by Gasteiger charge is -1.99. The van der Waals surface area contributed by atoms with Crippen molar-refractivity contribution in [3.05, 3.63) is 70.5 Å². The molecule has 20 heavy (non-hydrogen) atoms. The van der Waals surface area contributed by atoms with Gasteiger partial charge in [-0.15, -0.1) is 0 Å². The smallest absolute Gasteiger partial charge is 0.132 e. The van der Waals surface area contributed by atoms with Crippen LogP contribution in [0.5, 0.6) is 0 Å². The normalized spacial score (nSPS) is 11.6. The molecule has 0 unspecified atom stereocenters. The van der Waals surface area contributed by atoms with E-state index in [-0.39, 0.29) is 5.82 Å². The van der Waals surface area contributed by atoms with Crippen molar-refractivity contribution in [2.75, 3.05) is 0 Å². The lowest BCUT2D eigenvalue weighted by atomic mass is 10.1. The molecule has 0 N–H and O–H groups in total. The molecule has 0 saturated heterocycles. The first kappa shape index (κ1) is 14.1. The van der Waals surface area contributed by atoms with E-state index >= 15 is 0 Å². The Morgan fingerprint density at radius 3 is 2.35 bits per heavy atom. The molecule has 0 saturated carbocycles. The quantitative estimate of drug-likeness (QED) is 0.588. The second-order valence-electron chi connectivity index (χ2n) is 4.61. The highest BCUT2D eigenvalue weighted by atomic mass is 19.1. The fourth-order valence-electron chi connectivity index (χ4n) is 1.74. The molecule has 0 heterocycles. The van der Waals surface area contributed by atoms with Crippen molar-refractivity contribution in [3.8, 4) is 0 Å². The Hall–Kier alpha value is -2.29. The van der Waals surface area contributed by atoms with Gasteiger partial charge in [0.2, 0.25) is 0 Å². The zero-order valence-corrected chi connectivity index (χ0v) is 11.7. The van der Waals surface area contributed by atoms with E-state index in [4.69, 9.17) is 0 Å². The first-order valence-corrected chi connectivity index (χ1v) is 6.60. The van der Waals surface area contributed by atoms with Crippen molar-refractivity contribution < 1.29 is 4.39 Å². The second kappa shape index (κ2) is 6.75. The van der Waals surface area contributed by atoms with Gasteiger partial charge in [-0.25, -0.2) is 4.39 Å². The third-order valence-corrected chi connectivity index (χ3v) is 3.02. The largest absolute Gasteiger partial charge is 0.206 e. The third kappa shape index (κ3) is 3.85. The lowest BCUT2D eigenvalue weighted by molar-refractivity contribution is 0.624. The van der Waals surface area contributed by atoms with Gasteiger partial charge in [0.05, 0.1) is 12.4 Å². The SMILES string of the molecule is CCc1ccc(/C=N/N=C/c2ccc(C)cc2)c(F)c1. The van der Waals surface area contributed by atoms with E-state index < -0.39 is 0 Å². The molecule has 3 heteroatoms. The van der Waals surface area contributed by atoms with E-state index in [0.29, 0.717) is 5.56 Å². The zero-order valence-electron chi connectivity index (χ0n) is 11.7. The molecule has 0 fully saturated rings. The van der Waals surface area contributed by atoms with Crippen LogP contribution in [0.25, 0.3) is 0 Å². The van der Waals surface area contributed by atoms with Gasteiger partial charge in [-0.1, -0.05) is 48.9 Å². The van der Waals surface area contributed by atoms with Gasteiger partial charge in [-0.3, -0.25) is 0 Å². The maximum atomic E-state index is 13.7. The van der Waals surface area contributed by atoms with Crippen molar-refractivity contribution >= 4 is 12.4 Å². The highest BCUT2D eigenvalue weighted by Crippen LogP contribution is 2.09. The van der Waals surface area contributed by atoms with Gasteiger partial charge < -0.3 is 0 Å². The van der Waals surface area contributed by atoms with E-state index in [0.717, 1.165) is 17.5 Å². The molecule has 2 aromatic carbocycles. The molecule has 0 spiro atoms. The fraction of sp³-hybridized carbons (Fsp3) is 0.176. The zero-order chi connectivity index (χ0) is 14.4. The maximum absolute atomic E-state index is 13.7. The number of hydrogen-bond donors (Lipinski definition) is 0. The Morgan fingerprint density at radius 2 is 1.70 bits per heavy atom. The molecule has 0 aromatic heterocycles. The van der Waals surface area contributed by atoms with Crippen molar-refractivity contribution in [3.63, 3.8) is 0 Å². The van der Waals surface area contributed by atoms with Crippen molar-refractivity contribution in [2.24, 2.45) is 10.2 Å². The van der Waals surface area contributed by atoms with Gasteiger partial charge in [0.25, 0.3) is 0 Å². The molecule has 0 atom stereocenters. The summed E-state index contributed by atoms with van der Waals surface area (Å²) in [6, 6.07) is 13.1. The fourth-order valence-corrected chi connectivity index (χ4v) is 1.74. The monoisotopic (exact) mass is 268 g/mol. The predicted octanol–water partition coefficient (Wildman–Crippen LogP) is 4.15. The van der Waals surface area contributed by atoms with Crippen molar-refractivity contribution in [1.82, 2.24) is 0 Å². The van der Waals surface area contributed by atoms with Crippen molar-refractivity contribution in [2.45, 2.75) is 20.3 Å². The molecule has 0 aliphatic heterocycles. The molecule has 0 aliphatic rings. The van der Waals surface area contributed by atoms with E-state index in [1.165, 1.54) is 17.8 Å². The number of aryl methyl sites for hydroxylation is 2. The van der Waals surface area contributed by atoms with Crippen LogP contribution in [0.2, 0.25) is 0 Å². The van der Waals surface area contributed by atoms with Gasteiger partial charge in [-0.05, 0) is 30.5 Å². The molecule has 0 amide bonds. The van der Waals surface area contributed by atoms with Crippen LogP contribution in [-0.2, 0) is 6.42 Å². The molecule has 2 aromatic rings. The minimum absolute atomic E-state index is 0.265. The van der Waals surface area contributed by atoms with Crippen LogP contribution in [0.3, 0.4) is 0 Å². The summed E-state index contributed by atoms with van der Waals surface area (Å²) in [4.78, 5) is 0. The molecule has 2 rings (SSSR count). The van der Waals surface area contributed by atoms with Crippen LogP contribution in [0.4, 0.5) is 4.39 Å². The van der Waals surface area contributed by atoms with Crippen LogP contribution >= 0.6 is 0 Å². The van der Waals surface area contributed by atoms with Gasteiger partial charge in [-0.2, -0.15) is 10.2 Å². The Balaban J connectivity index is 2.04. The first-order valence-electron chi connectivity index (χ1n) is 6.60. The summed E-state index contributed by atoms with van der Waals surface area (Å²) in [6.07, 6.45) is 3.90. The summed E-state index contributed by atoms with van der Waals surface area (Å²) in [5.41, 5.74) is 3.59. The van der Waals surface area contributed by atoms with E-state index in [1.807, 2.05) is 44.2 Å². The Kier molecular flexibility index (Phi) is 4.77. The van der Waals surface area contributed by atoms with E-state index in [1.54, 1.807) is 12.3 Å². The minimum Gasteiger partial charge on any atom is -0.206 e. The maximum Gasteiger partial charge on any atom is 0.132 e. The Morgan fingerprint density at radius 1 is 1.00 bits per heavy atom. The summed E-state index contributed by atoms with van der Waals surface area (Å²) in [6.45, 7) is 4.02. The van der Waals surface area contributed by atoms with Crippen LogP contribution in [-0.4, -0.2) is 12.4 Å². The standard InChI is InChI=1S/C17H17FN2/c1-3-14-8-9-16(17(18)10-14)12-20-19-11-15-6-4-13(2)5-7-15/h4-12H,3H2,1-2H3/b19-11+,20-12+. The van der Waals surface area contributed by atoms with Gasteiger partial charge in [0.1, 0.15) is 5.82 Å². The number of rotatable bonds is 4. The molecule has 2 nitrogen and oxygen atoms in total. The van der Waals surface area contributed by atoms with E-state index in [9.17, 15) is 4.39 Å². The van der Waals surface area contributed by atoms with Crippen molar-refractivity contribution in [1.29, 1.82) is 0 Å². The minimum atomic E-state index is -0.265. The average Bonchev–Trinajstić information content (AvgIpc) is 2.46. The molecule has 0 bridgehead atoms. The predicted molar refractivity (Wildman–Crippen MR) is 82.1 cm³/mol. The van der Waals surface area contributed by atoms with Crippen LogP contribution in [0, 0.1) is 12.7 Å². The summed E-state index contributed by atoms with van der Waals surface area (Å²) >= 11 is 0. The van der Waals surface area contributed by atoms with E-state index in [2.05, 4.69) is 10.2 Å². The topological polar surface area (TPSA) is 24.7 Å². The number of benzene rings is 2. The molecular weight excluding hydrogens is 251 g/mol. The van der Waals surface area contributed by atoms with Gasteiger partial charge in [0, 0.05) is 5.56 Å². The summed E-state index contributed by atoms with van der Waals surface area (Å²) in [5, 5.41) is 7.81. The van der Waals surface area contributed by atoms with Gasteiger partial charge >= 0.3 is 0 Å². The Labute approximate surface area is 118 Å². The second-order valence-corrected chi connectivity index (χ2v) is 4.61. The number of hydrogen-bond acceptors (Lipinski definition) is 2. The summed E-state index contributed by atoms with van der Waals surface area (Å²) < 4.78 is 13.7. The Bertz CT molecular complexity index is 628. The van der Waals surface area contributed by atoms with Crippen LogP contribution in [0.15, 0.2) is 52.7 Å². The highest BCUT2D eigenvalue weighted by molar-refractivity contribution is 5.82. The molecular formula is C17H17FN2. The highest BCUT2D eigenvalue weighted by Gasteiger charge is 1.99. The molecule has 0 radical (unpaired) electrons. The third-order valence-electron chi connectivity index (χ3n) is 3.02. The molecule has 0 aliphatic carbocycles. The number of halogens is 1. The average molecular weight is 268 g/mol. The summed E-state index contributed by atoms with van der Waals surface area (Å²) in [5.74, 6) is -0.265. The van der Waals surface area contributed by atoms with Crippen LogP contribution in [0.1, 0.15) is 29.2 Å². The first-order chi connectivity index (χ1) is 9.69.